The standard InChI is InChI=1S/C14H21FN2O3/c1-10-7-11(3-4-13(10)15)8-17-14(19)16-6-5-12(18)9-20-2/h3-4,7,12,18H,5-6,8-9H2,1-2H3,(H2,16,17,19). The molecule has 0 radical (unpaired) electrons. The van der Waals surface area contributed by atoms with Crippen LogP contribution in [0.5, 0.6) is 0 Å². The van der Waals surface area contributed by atoms with Crippen LogP contribution in [0.2, 0.25) is 0 Å². The predicted molar refractivity (Wildman–Crippen MR) is 73.9 cm³/mol. The number of halogens is 1. The van der Waals surface area contributed by atoms with Crippen LogP contribution in [0.3, 0.4) is 0 Å². The molecule has 0 fully saturated rings. The summed E-state index contributed by atoms with van der Waals surface area (Å²) in [5.41, 5.74) is 1.38. The quantitative estimate of drug-likeness (QED) is 0.707. The Bertz CT molecular complexity index is 440. The van der Waals surface area contributed by atoms with E-state index in [4.69, 9.17) is 4.74 Å². The van der Waals surface area contributed by atoms with Crippen LogP contribution in [0.1, 0.15) is 17.5 Å². The third-order valence-corrected chi connectivity index (χ3v) is 2.80. The molecular weight excluding hydrogens is 263 g/mol. The largest absolute Gasteiger partial charge is 0.391 e. The lowest BCUT2D eigenvalue weighted by molar-refractivity contribution is 0.0598. The van der Waals surface area contributed by atoms with Crippen molar-refractivity contribution in [2.75, 3.05) is 20.3 Å². The fourth-order valence-electron chi connectivity index (χ4n) is 1.69. The fourth-order valence-corrected chi connectivity index (χ4v) is 1.69. The maximum Gasteiger partial charge on any atom is 0.315 e. The Balaban J connectivity index is 2.24. The zero-order chi connectivity index (χ0) is 15.0. The normalized spacial score (nSPS) is 12.0. The summed E-state index contributed by atoms with van der Waals surface area (Å²) < 4.78 is 17.8. The average Bonchev–Trinajstić information content (AvgIpc) is 2.40. The summed E-state index contributed by atoms with van der Waals surface area (Å²) in [6.45, 7) is 2.61. The molecule has 1 aromatic rings. The molecular formula is C14H21FN2O3. The van der Waals surface area contributed by atoms with Crippen molar-refractivity contribution < 1.29 is 19.0 Å². The van der Waals surface area contributed by atoms with E-state index in [1.54, 1.807) is 19.1 Å². The van der Waals surface area contributed by atoms with Crippen LogP contribution in [-0.4, -0.2) is 37.5 Å². The average molecular weight is 284 g/mol. The van der Waals surface area contributed by atoms with Crippen LogP contribution >= 0.6 is 0 Å². The van der Waals surface area contributed by atoms with Gasteiger partial charge in [-0.25, -0.2) is 9.18 Å². The minimum atomic E-state index is -0.583. The van der Waals surface area contributed by atoms with Gasteiger partial charge in [0.05, 0.1) is 12.7 Å². The highest BCUT2D eigenvalue weighted by Crippen LogP contribution is 2.08. The second-order valence-corrected chi connectivity index (χ2v) is 4.59. The van der Waals surface area contributed by atoms with Gasteiger partial charge in [0.15, 0.2) is 0 Å². The van der Waals surface area contributed by atoms with E-state index in [1.807, 2.05) is 0 Å². The molecule has 0 spiro atoms. The number of aliphatic hydroxyl groups excluding tert-OH is 1. The highest BCUT2D eigenvalue weighted by Gasteiger charge is 2.05. The SMILES string of the molecule is COCC(O)CCNC(=O)NCc1ccc(F)c(C)c1. The van der Waals surface area contributed by atoms with Gasteiger partial charge in [-0.2, -0.15) is 0 Å². The smallest absolute Gasteiger partial charge is 0.315 e. The molecule has 0 saturated heterocycles. The minimum Gasteiger partial charge on any atom is -0.391 e. The third kappa shape index (κ3) is 5.99. The summed E-state index contributed by atoms with van der Waals surface area (Å²) in [5, 5.41) is 14.7. The second kappa shape index (κ2) is 8.50. The number of amides is 2. The van der Waals surface area contributed by atoms with Crippen molar-refractivity contribution in [3.63, 3.8) is 0 Å². The highest BCUT2D eigenvalue weighted by molar-refractivity contribution is 5.73. The monoisotopic (exact) mass is 284 g/mol. The molecule has 1 atom stereocenters. The number of hydrogen-bond donors (Lipinski definition) is 3. The van der Waals surface area contributed by atoms with Crippen LogP contribution in [0.4, 0.5) is 9.18 Å². The van der Waals surface area contributed by atoms with Crippen molar-refractivity contribution in [3.8, 4) is 0 Å². The van der Waals surface area contributed by atoms with Crippen molar-refractivity contribution in [3.05, 3.63) is 35.1 Å². The van der Waals surface area contributed by atoms with Crippen molar-refractivity contribution in [1.29, 1.82) is 0 Å². The zero-order valence-corrected chi connectivity index (χ0v) is 11.8. The summed E-state index contributed by atoms with van der Waals surface area (Å²) in [4.78, 5) is 11.5. The summed E-state index contributed by atoms with van der Waals surface area (Å²) in [6.07, 6.45) is -0.156. The number of nitrogens with one attached hydrogen (secondary N) is 2. The first-order chi connectivity index (χ1) is 9.52. The number of aliphatic hydroxyl groups is 1. The van der Waals surface area contributed by atoms with Gasteiger partial charge in [0.1, 0.15) is 5.82 Å². The Morgan fingerprint density at radius 2 is 2.20 bits per heavy atom. The van der Waals surface area contributed by atoms with E-state index in [9.17, 15) is 14.3 Å². The molecule has 0 aliphatic carbocycles. The lowest BCUT2D eigenvalue weighted by atomic mass is 10.1. The van der Waals surface area contributed by atoms with Crippen molar-refractivity contribution in [1.82, 2.24) is 10.6 Å². The second-order valence-electron chi connectivity index (χ2n) is 4.59. The van der Waals surface area contributed by atoms with Gasteiger partial charge in [-0.05, 0) is 30.5 Å². The molecule has 0 bridgehead atoms. The Hall–Kier alpha value is -1.66. The maximum atomic E-state index is 13.1. The molecule has 0 aromatic heterocycles. The third-order valence-electron chi connectivity index (χ3n) is 2.80. The number of aryl methyl sites for hydroxylation is 1. The van der Waals surface area contributed by atoms with Crippen molar-refractivity contribution in [2.24, 2.45) is 0 Å². The summed E-state index contributed by atoms with van der Waals surface area (Å²) in [7, 11) is 1.51. The summed E-state index contributed by atoms with van der Waals surface area (Å²) in [5.74, 6) is -0.259. The topological polar surface area (TPSA) is 70.6 Å². The number of carbonyl (C=O) groups is 1. The molecule has 2 amide bonds. The van der Waals surface area contributed by atoms with Crippen molar-refractivity contribution in [2.45, 2.75) is 26.0 Å². The number of carbonyl (C=O) groups excluding carboxylic acids is 1. The van der Waals surface area contributed by atoms with Gasteiger partial charge in [-0.1, -0.05) is 12.1 Å². The lowest BCUT2D eigenvalue weighted by Crippen LogP contribution is -2.37. The Morgan fingerprint density at radius 1 is 1.45 bits per heavy atom. The molecule has 1 aromatic carbocycles. The molecule has 0 saturated carbocycles. The number of ether oxygens (including phenoxy) is 1. The minimum absolute atomic E-state index is 0.248. The van der Waals surface area contributed by atoms with Gasteiger partial charge in [-0.15, -0.1) is 0 Å². The van der Waals surface area contributed by atoms with E-state index in [1.165, 1.54) is 13.2 Å². The van der Waals surface area contributed by atoms with E-state index in [0.717, 1.165) is 5.56 Å². The van der Waals surface area contributed by atoms with Crippen LogP contribution in [0.25, 0.3) is 0 Å². The molecule has 20 heavy (non-hydrogen) atoms. The molecule has 1 unspecified atom stereocenters. The predicted octanol–water partition coefficient (Wildman–Crippen LogP) is 1.33. The zero-order valence-electron chi connectivity index (χ0n) is 11.8. The Kier molecular flexibility index (Phi) is 6.97. The molecule has 6 heteroatoms. The van der Waals surface area contributed by atoms with E-state index >= 15 is 0 Å². The van der Waals surface area contributed by atoms with Crippen LogP contribution in [0.15, 0.2) is 18.2 Å². The van der Waals surface area contributed by atoms with Gasteiger partial charge in [-0.3, -0.25) is 0 Å². The Morgan fingerprint density at radius 3 is 2.85 bits per heavy atom. The number of methoxy groups -OCH3 is 1. The molecule has 0 aliphatic heterocycles. The van der Waals surface area contributed by atoms with Gasteiger partial charge >= 0.3 is 6.03 Å². The first-order valence-corrected chi connectivity index (χ1v) is 6.46. The fraction of sp³-hybridized carbons (Fsp3) is 0.500. The van der Waals surface area contributed by atoms with Crippen molar-refractivity contribution >= 4 is 6.03 Å². The number of benzene rings is 1. The molecule has 0 heterocycles. The molecule has 3 N–H and O–H groups in total. The van der Waals surface area contributed by atoms with Gasteiger partial charge in [0, 0.05) is 20.2 Å². The van der Waals surface area contributed by atoms with Gasteiger partial charge in [0.25, 0.3) is 0 Å². The molecule has 5 nitrogen and oxygen atoms in total. The van der Waals surface area contributed by atoms with Gasteiger partial charge < -0.3 is 20.5 Å². The first kappa shape index (κ1) is 16.4. The van der Waals surface area contributed by atoms with Crippen LogP contribution < -0.4 is 10.6 Å². The van der Waals surface area contributed by atoms with Crippen LogP contribution in [0, 0.1) is 12.7 Å². The van der Waals surface area contributed by atoms with E-state index in [2.05, 4.69) is 10.6 Å². The number of hydrogen-bond acceptors (Lipinski definition) is 3. The van der Waals surface area contributed by atoms with Gasteiger partial charge in [0.2, 0.25) is 0 Å². The van der Waals surface area contributed by atoms with Crippen LogP contribution in [-0.2, 0) is 11.3 Å². The Labute approximate surface area is 118 Å². The number of rotatable bonds is 7. The molecule has 0 aliphatic rings. The highest BCUT2D eigenvalue weighted by atomic mass is 19.1. The first-order valence-electron chi connectivity index (χ1n) is 6.46. The summed E-state index contributed by atoms with van der Waals surface area (Å²) in [6, 6.07) is 4.38. The van der Waals surface area contributed by atoms with E-state index in [-0.39, 0.29) is 18.5 Å². The summed E-state index contributed by atoms with van der Waals surface area (Å²) >= 11 is 0. The molecule has 1 rings (SSSR count). The number of urea groups is 1. The molecule has 112 valence electrons. The van der Waals surface area contributed by atoms with E-state index in [0.29, 0.717) is 25.1 Å². The lowest BCUT2D eigenvalue weighted by Gasteiger charge is -2.11. The maximum absolute atomic E-state index is 13.1. The van der Waals surface area contributed by atoms with E-state index < -0.39 is 6.10 Å².